The summed E-state index contributed by atoms with van der Waals surface area (Å²) in [7, 11) is 0. The van der Waals surface area contributed by atoms with Crippen molar-refractivity contribution in [3.05, 3.63) is 63.8 Å². The van der Waals surface area contributed by atoms with E-state index >= 15 is 0 Å². The molecule has 0 spiro atoms. The van der Waals surface area contributed by atoms with Crippen molar-refractivity contribution in [2.45, 2.75) is 13.3 Å². The number of aromatic hydroxyl groups is 1. The quantitative estimate of drug-likeness (QED) is 0.723. The van der Waals surface area contributed by atoms with Gasteiger partial charge in [0.25, 0.3) is 5.91 Å². The molecule has 3 aromatic rings. The van der Waals surface area contributed by atoms with E-state index in [0.29, 0.717) is 5.02 Å². The van der Waals surface area contributed by atoms with Crippen molar-refractivity contribution in [2.75, 3.05) is 0 Å². The predicted octanol–water partition coefficient (Wildman–Crippen LogP) is 3.90. The van der Waals surface area contributed by atoms with Crippen LogP contribution in [0.4, 0.5) is 8.78 Å². The van der Waals surface area contributed by atoms with Gasteiger partial charge >= 0.3 is 5.97 Å². The second-order valence-electron chi connectivity index (χ2n) is 5.70. The number of carbonyl (C=O) groups is 2. The normalized spacial score (nSPS) is 11.1. The zero-order chi connectivity index (χ0) is 19.2. The molecule has 0 saturated carbocycles. The lowest BCUT2D eigenvalue weighted by atomic mass is 10.1. The van der Waals surface area contributed by atoms with Crippen LogP contribution in [0.25, 0.3) is 10.9 Å². The standard InChI is InChI=1S/C18H12ClF2NO4/c1-8-11(6-14(23)24)15-13(7-12(20)17(25)16(15)21)22(8)18(26)9-3-2-4-10(19)5-9/h2-5,7,25H,6H2,1H3,(H,23,24). The van der Waals surface area contributed by atoms with Crippen molar-refractivity contribution in [1.29, 1.82) is 0 Å². The number of carboxylic acids is 1. The number of phenols is 1. The van der Waals surface area contributed by atoms with Gasteiger partial charge in [-0.15, -0.1) is 0 Å². The zero-order valence-corrected chi connectivity index (χ0v) is 14.1. The van der Waals surface area contributed by atoms with Crippen molar-refractivity contribution < 1.29 is 28.6 Å². The summed E-state index contributed by atoms with van der Waals surface area (Å²) < 4.78 is 29.4. The third-order valence-electron chi connectivity index (χ3n) is 4.09. The summed E-state index contributed by atoms with van der Waals surface area (Å²) >= 11 is 5.89. The highest BCUT2D eigenvalue weighted by Crippen LogP contribution is 2.35. The van der Waals surface area contributed by atoms with E-state index in [2.05, 4.69) is 0 Å². The van der Waals surface area contributed by atoms with Gasteiger partial charge in [-0.25, -0.2) is 8.78 Å². The molecule has 1 aromatic heterocycles. The average molecular weight is 380 g/mol. The maximum atomic E-state index is 14.5. The highest BCUT2D eigenvalue weighted by molar-refractivity contribution is 6.31. The van der Waals surface area contributed by atoms with Crippen molar-refractivity contribution >= 4 is 34.4 Å². The number of fused-ring (bicyclic) bond motifs is 1. The molecule has 8 heteroatoms. The number of aliphatic carboxylic acids is 1. The van der Waals surface area contributed by atoms with Gasteiger partial charge in [-0.3, -0.25) is 14.2 Å². The molecule has 0 bridgehead atoms. The molecule has 0 amide bonds. The number of hydrogen-bond donors (Lipinski definition) is 2. The summed E-state index contributed by atoms with van der Waals surface area (Å²) in [6, 6.07) is 6.77. The second-order valence-corrected chi connectivity index (χ2v) is 6.14. The van der Waals surface area contributed by atoms with Gasteiger partial charge in [0.05, 0.1) is 11.9 Å². The van der Waals surface area contributed by atoms with Crippen LogP contribution in [0, 0.1) is 18.6 Å². The SMILES string of the molecule is Cc1c(CC(=O)O)c2c(F)c(O)c(F)cc2n1C(=O)c1cccc(Cl)c1. The van der Waals surface area contributed by atoms with E-state index in [0.717, 1.165) is 10.6 Å². The molecule has 0 aliphatic carbocycles. The maximum absolute atomic E-state index is 14.5. The Morgan fingerprint density at radius 1 is 1.23 bits per heavy atom. The Labute approximate surface area is 151 Å². The summed E-state index contributed by atoms with van der Waals surface area (Å²) in [5, 5.41) is 18.6. The fourth-order valence-corrected chi connectivity index (χ4v) is 3.13. The third-order valence-corrected chi connectivity index (χ3v) is 4.33. The largest absolute Gasteiger partial charge is 0.503 e. The minimum absolute atomic E-state index is 0.0179. The Bertz CT molecular complexity index is 1070. The van der Waals surface area contributed by atoms with Crippen LogP contribution in [-0.4, -0.2) is 26.7 Å². The smallest absolute Gasteiger partial charge is 0.307 e. The van der Waals surface area contributed by atoms with E-state index in [1.165, 1.54) is 19.1 Å². The fraction of sp³-hybridized carbons (Fsp3) is 0.111. The van der Waals surface area contributed by atoms with E-state index in [1.54, 1.807) is 12.1 Å². The number of halogens is 3. The lowest BCUT2D eigenvalue weighted by Crippen LogP contribution is -2.14. The van der Waals surface area contributed by atoms with Gasteiger partial charge in [0.1, 0.15) is 0 Å². The van der Waals surface area contributed by atoms with E-state index in [9.17, 15) is 23.5 Å². The molecular weight excluding hydrogens is 368 g/mol. The van der Waals surface area contributed by atoms with Gasteiger partial charge in [-0.05, 0) is 30.7 Å². The molecule has 5 nitrogen and oxygen atoms in total. The van der Waals surface area contributed by atoms with Crippen molar-refractivity contribution in [3.8, 4) is 5.75 Å². The first-order valence-corrected chi connectivity index (χ1v) is 7.83. The zero-order valence-electron chi connectivity index (χ0n) is 13.4. The summed E-state index contributed by atoms with van der Waals surface area (Å²) in [5.74, 6) is -5.68. The van der Waals surface area contributed by atoms with Gasteiger partial charge in [0, 0.05) is 27.7 Å². The summed E-state index contributed by atoms with van der Waals surface area (Å²) in [5.41, 5.74) is 0.108. The molecule has 0 aliphatic heterocycles. The van der Waals surface area contributed by atoms with Gasteiger partial charge in [0.15, 0.2) is 17.4 Å². The van der Waals surface area contributed by atoms with Crippen LogP contribution in [0.3, 0.4) is 0 Å². The lowest BCUT2D eigenvalue weighted by molar-refractivity contribution is -0.136. The number of carboxylic acid groups (broad SMARTS) is 1. The van der Waals surface area contributed by atoms with Crippen LogP contribution < -0.4 is 0 Å². The summed E-state index contributed by atoms with van der Waals surface area (Å²) in [6.45, 7) is 1.43. The van der Waals surface area contributed by atoms with Crippen molar-refractivity contribution in [2.24, 2.45) is 0 Å². The number of rotatable bonds is 3. The van der Waals surface area contributed by atoms with Crippen LogP contribution in [-0.2, 0) is 11.2 Å². The molecule has 26 heavy (non-hydrogen) atoms. The predicted molar refractivity (Wildman–Crippen MR) is 90.8 cm³/mol. The van der Waals surface area contributed by atoms with Crippen LogP contribution in [0.1, 0.15) is 21.6 Å². The molecule has 0 saturated heterocycles. The van der Waals surface area contributed by atoms with Gasteiger partial charge in [0.2, 0.25) is 0 Å². The first kappa shape index (κ1) is 17.9. The Morgan fingerprint density at radius 3 is 2.54 bits per heavy atom. The van der Waals surface area contributed by atoms with E-state index < -0.39 is 35.7 Å². The van der Waals surface area contributed by atoms with Crippen LogP contribution in [0.15, 0.2) is 30.3 Å². The Kier molecular flexibility index (Phi) is 4.41. The molecule has 0 fully saturated rings. The first-order chi connectivity index (χ1) is 12.2. The second kappa shape index (κ2) is 6.42. The fourth-order valence-electron chi connectivity index (χ4n) is 2.94. The number of phenolic OH excluding ortho intramolecular Hbond substituents is 1. The highest BCUT2D eigenvalue weighted by Gasteiger charge is 2.26. The monoisotopic (exact) mass is 379 g/mol. The van der Waals surface area contributed by atoms with Crippen LogP contribution in [0.5, 0.6) is 5.75 Å². The molecule has 134 valence electrons. The number of nitrogens with zero attached hydrogens (tertiary/aromatic N) is 1. The molecule has 0 aliphatic rings. The van der Waals surface area contributed by atoms with Gasteiger partial charge in [-0.1, -0.05) is 17.7 Å². The maximum Gasteiger partial charge on any atom is 0.307 e. The summed E-state index contributed by atoms with van der Waals surface area (Å²) in [6.07, 6.45) is -0.597. The summed E-state index contributed by atoms with van der Waals surface area (Å²) in [4.78, 5) is 24.0. The van der Waals surface area contributed by atoms with Crippen LogP contribution in [0.2, 0.25) is 5.02 Å². The van der Waals surface area contributed by atoms with Crippen LogP contribution >= 0.6 is 11.6 Å². The Balaban J connectivity index is 2.37. The number of aromatic nitrogens is 1. The number of benzene rings is 2. The molecule has 0 radical (unpaired) electrons. The molecule has 0 atom stereocenters. The number of carbonyl (C=O) groups excluding carboxylic acids is 1. The minimum atomic E-state index is -1.31. The van der Waals surface area contributed by atoms with E-state index in [-0.39, 0.29) is 27.7 Å². The molecule has 1 heterocycles. The molecular formula is C18H12ClF2NO4. The molecule has 3 rings (SSSR count). The Hall–Kier alpha value is -2.93. The molecule has 0 unspecified atom stereocenters. The van der Waals surface area contributed by atoms with E-state index in [4.69, 9.17) is 16.7 Å². The van der Waals surface area contributed by atoms with E-state index in [1.807, 2.05) is 0 Å². The molecule has 2 aromatic carbocycles. The van der Waals surface area contributed by atoms with Crippen molar-refractivity contribution in [1.82, 2.24) is 4.57 Å². The topological polar surface area (TPSA) is 79.5 Å². The highest BCUT2D eigenvalue weighted by atomic mass is 35.5. The third kappa shape index (κ3) is 2.80. The molecule has 2 N–H and O–H groups in total. The average Bonchev–Trinajstić information content (AvgIpc) is 2.83. The van der Waals surface area contributed by atoms with Crippen molar-refractivity contribution in [3.63, 3.8) is 0 Å². The lowest BCUT2D eigenvalue weighted by Gasteiger charge is -2.08. The number of hydrogen-bond acceptors (Lipinski definition) is 3. The van der Waals surface area contributed by atoms with Gasteiger partial charge < -0.3 is 10.2 Å². The Morgan fingerprint density at radius 2 is 1.92 bits per heavy atom. The van der Waals surface area contributed by atoms with Gasteiger partial charge in [-0.2, -0.15) is 0 Å². The minimum Gasteiger partial charge on any atom is -0.503 e. The first-order valence-electron chi connectivity index (χ1n) is 7.45.